The first-order valence-corrected chi connectivity index (χ1v) is 53.2. The minimum atomic E-state index is -3.38. The van der Waals surface area contributed by atoms with E-state index in [0.717, 1.165) is 55.8 Å². The van der Waals surface area contributed by atoms with Crippen LogP contribution in [0.1, 0.15) is 6.92 Å². The molecule has 0 rings (SSSR count). The van der Waals surface area contributed by atoms with Gasteiger partial charge < -0.3 is 4.74 Å². The van der Waals surface area contributed by atoms with Crippen LogP contribution in [0.25, 0.3) is 0 Å². The van der Waals surface area contributed by atoms with E-state index in [9.17, 15) is 17.6 Å². The highest BCUT2D eigenvalue weighted by Crippen LogP contribution is 2.48. The van der Waals surface area contributed by atoms with E-state index >= 15 is 0 Å². The fourth-order valence-electron chi connectivity index (χ4n) is 4.25. The van der Waals surface area contributed by atoms with Gasteiger partial charge in [-0.05, 0) is 172 Å². The van der Waals surface area contributed by atoms with Gasteiger partial charge in [0.25, 0.3) is 0 Å². The van der Waals surface area contributed by atoms with E-state index in [0.29, 0.717) is 8.50 Å². The Balaban J connectivity index is -0.000000115. The van der Waals surface area contributed by atoms with Gasteiger partial charge in [0.05, 0.1) is 19.7 Å². The van der Waals surface area contributed by atoms with Gasteiger partial charge in [-0.25, -0.2) is 0 Å². The highest BCUT2D eigenvalue weighted by atomic mass is 33.1. The van der Waals surface area contributed by atoms with Crippen molar-refractivity contribution in [3.63, 3.8) is 0 Å². The van der Waals surface area contributed by atoms with Gasteiger partial charge in [-0.2, -0.15) is 112 Å². The van der Waals surface area contributed by atoms with Gasteiger partial charge in [-0.1, -0.05) is 58.6 Å². The van der Waals surface area contributed by atoms with Gasteiger partial charge in [0.2, 0.25) is 0 Å². The second-order valence-corrected chi connectivity index (χ2v) is 39.1. The molecule has 0 amide bonds. The smallest absolute Gasteiger partial charge is 0.303 e. The standard InChI is InChI=1S/C7H12F4S3.C7H16S3.C6H12OS2.2C6H14S3.C6H12S3.C4H10S4.C4H10S3/c1-12-4-5(6(8,9)13-2)7(10,11)14-3;1-8-4-7(5-9-2)6-10-3;2*1-7-4-6(9-3)5-8-2;2*1-5(7-2)6(8-3)9-4;1-5-4(6-2)8-7-3;1-5-4(6-2)7-3/h5H,4H2,1-3H3;7H,4-6H2,1-3H3;5H,4H2,1-3H3;6H,4-5H2,1-3H3;5-6H,1-4H3;6H,1H2,2-4H3;4H,1-3H3;4H,1-3H3/b;;6-5+;;;;;. The first-order valence-electron chi connectivity index (χ1n) is 21.8. The molecule has 462 valence electrons. The molecule has 75 heavy (non-hydrogen) atoms. The first kappa shape index (κ1) is 98.8. The van der Waals surface area contributed by atoms with Crippen LogP contribution < -0.4 is 0 Å². The molecule has 0 heterocycles. The van der Waals surface area contributed by atoms with Gasteiger partial charge in [0, 0.05) is 44.7 Å². The number of rotatable bonds is 36. The molecule has 0 aromatic carbocycles. The Kier molecular flexibility index (Phi) is 102. The van der Waals surface area contributed by atoms with Crippen LogP contribution in [0.4, 0.5) is 17.6 Å². The molecule has 0 aliphatic heterocycles. The van der Waals surface area contributed by atoms with Crippen LogP contribution in [0.3, 0.4) is 0 Å². The first-order chi connectivity index (χ1) is 35.6. The molecule has 0 bridgehead atoms. The molecule has 0 aromatic rings. The van der Waals surface area contributed by atoms with Gasteiger partial charge in [0.1, 0.15) is 9.83 Å². The minimum Gasteiger partial charge on any atom is -0.379 e. The van der Waals surface area contributed by atoms with Crippen LogP contribution >= 0.6 is 280 Å². The molecule has 29 heteroatoms. The van der Waals surface area contributed by atoms with Crippen molar-refractivity contribution in [2.24, 2.45) is 11.8 Å². The average molecular weight is 1510 g/mol. The normalized spacial score (nSPS) is 11.8. The maximum Gasteiger partial charge on any atom is 0.303 e. The molecular formula is C46H100F4OS24. The molecule has 1 atom stereocenters. The molecule has 0 saturated carbocycles. The fourth-order valence-corrected chi connectivity index (χ4v) is 26.1. The average Bonchev–Trinajstić information content (AvgIpc) is 3.41. The van der Waals surface area contributed by atoms with Crippen molar-refractivity contribution in [1.82, 2.24) is 0 Å². The van der Waals surface area contributed by atoms with Crippen molar-refractivity contribution < 1.29 is 22.3 Å². The van der Waals surface area contributed by atoms with Crippen molar-refractivity contribution in [2.75, 3.05) is 192 Å². The Morgan fingerprint density at radius 3 is 1.04 bits per heavy atom. The zero-order valence-corrected chi connectivity index (χ0v) is 69.2. The van der Waals surface area contributed by atoms with E-state index in [1.54, 1.807) is 48.7 Å². The van der Waals surface area contributed by atoms with Crippen molar-refractivity contribution in [1.29, 1.82) is 0 Å². The SMILES string of the molecule is C=C(SC)C(SC)SC.COC/C(=C\SC)SC.CSC(C)C(SC)SC.CSC(SC)SC.CSCC(C(F)(F)SC)C(F)(F)SC.CSCC(CSC)CSC.CSCC(CSC)SC.CSSC(SC)SC. The van der Waals surface area contributed by atoms with Crippen LogP contribution in [0, 0.1) is 11.8 Å². The summed E-state index contributed by atoms with van der Waals surface area (Å²) in [4.78, 5) is 2.54. The van der Waals surface area contributed by atoms with Crippen LogP contribution in [0.15, 0.2) is 21.8 Å². The summed E-state index contributed by atoms with van der Waals surface area (Å²) in [6.07, 6.45) is 46.7. The summed E-state index contributed by atoms with van der Waals surface area (Å²) in [6.45, 7) is 6.95. The Morgan fingerprint density at radius 2 is 0.867 bits per heavy atom. The lowest BCUT2D eigenvalue weighted by Crippen LogP contribution is -2.39. The molecule has 0 aliphatic rings. The predicted molar refractivity (Wildman–Crippen MR) is 422 cm³/mol. The van der Waals surface area contributed by atoms with Gasteiger partial charge >= 0.3 is 10.5 Å². The molecule has 1 nitrogen and oxygen atoms in total. The van der Waals surface area contributed by atoms with Crippen LogP contribution in [-0.4, -0.2) is 230 Å². The zero-order chi connectivity index (χ0) is 60.1. The van der Waals surface area contributed by atoms with E-state index in [-0.39, 0.29) is 29.3 Å². The van der Waals surface area contributed by atoms with Crippen molar-refractivity contribution >= 4 is 280 Å². The molecule has 1 unspecified atom stereocenters. The van der Waals surface area contributed by atoms with E-state index in [1.165, 1.54) is 38.6 Å². The number of hydrogen-bond donors (Lipinski definition) is 0. The second kappa shape index (κ2) is 77.7. The quantitative estimate of drug-likeness (QED) is 0.0334. The molecule has 0 fully saturated rings. The summed E-state index contributed by atoms with van der Waals surface area (Å²) < 4.78 is 60.3. The Bertz CT molecular complexity index is 1060. The summed E-state index contributed by atoms with van der Waals surface area (Å²) in [7, 11) is 5.47. The lowest BCUT2D eigenvalue weighted by atomic mass is 10.2. The number of ether oxygens (including phenoxy) is 1. The van der Waals surface area contributed by atoms with E-state index in [1.807, 2.05) is 216 Å². The number of thioether (sulfide) groups is 22. The Morgan fingerprint density at radius 1 is 0.480 bits per heavy atom. The summed E-state index contributed by atoms with van der Waals surface area (Å²) >= 11 is 37.3. The number of halogens is 4. The van der Waals surface area contributed by atoms with Crippen molar-refractivity contribution in [3.8, 4) is 0 Å². The third kappa shape index (κ3) is 68.9. The summed E-state index contributed by atoms with van der Waals surface area (Å²) in [5, 5.41) is -3.02. The topological polar surface area (TPSA) is 9.23 Å². The molecule has 0 saturated heterocycles. The third-order valence-electron chi connectivity index (χ3n) is 8.04. The molecule has 0 radical (unpaired) electrons. The minimum absolute atomic E-state index is 0.177. The maximum absolute atomic E-state index is 13.1. The van der Waals surface area contributed by atoms with Crippen molar-refractivity contribution in [2.45, 2.75) is 44.9 Å². The summed E-state index contributed by atoms with van der Waals surface area (Å²) in [5.74, 6) is 5.30. The fraction of sp³-hybridized carbons (Fsp3) is 0.913. The van der Waals surface area contributed by atoms with Crippen molar-refractivity contribution in [3.05, 3.63) is 21.8 Å². The van der Waals surface area contributed by atoms with Gasteiger partial charge in [0.15, 0.2) is 0 Å². The van der Waals surface area contributed by atoms with E-state index in [4.69, 9.17) is 4.74 Å². The van der Waals surface area contributed by atoms with Crippen LogP contribution in [0.2, 0.25) is 0 Å². The van der Waals surface area contributed by atoms with Gasteiger partial charge in [-0.15, -0.1) is 141 Å². The van der Waals surface area contributed by atoms with Crippen LogP contribution in [-0.2, 0) is 4.74 Å². The highest BCUT2D eigenvalue weighted by molar-refractivity contribution is 8.80. The third-order valence-corrected chi connectivity index (χ3v) is 35.5. The second-order valence-electron chi connectivity index (χ2n) is 13.3. The molecule has 0 spiro atoms. The lowest BCUT2D eigenvalue weighted by Gasteiger charge is -2.30. The predicted octanol–water partition coefficient (Wildman–Crippen LogP) is 22.3. The Labute approximate surface area is 565 Å². The summed E-state index contributed by atoms with van der Waals surface area (Å²) in [6, 6.07) is 0. The van der Waals surface area contributed by atoms with Gasteiger partial charge in [-0.3, -0.25) is 0 Å². The largest absolute Gasteiger partial charge is 0.379 e. The van der Waals surface area contributed by atoms with E-state index in [2.05, 4.69) is 138 Å². The number of methoxy groups -OCH3 is 1. The number of alkyl halides is 4. The Hall–Kier alpha value is 7.56. The molecule has 0 aromatic heterocycles. The van der Waals surface area contributed by atoms with E-state index < -0.39 is 16.4 Å². The highest BCUT2D eigenvalue weighted by Gasteiger charge is 2.53. The van der Waals surface area contributed by atoms with Crippen LogP contribution in [0.5, 0.6) is 0 Å². The lowest BCUT2D eigenvalue weighted by molar-refractivity contribution is -0.0589. The molecule has 0 N–H and O–H groups in total. The molecule has 0 aliphatic carbocycles. The maximum atomic E-state index is 13.1. The number of hydrogen-bond acceptors (Lipinski definition) is 25. The zero-order valence-electron chi connectivity index (χ0n) is 49.6. The monoisotopic (exact) mass is 1510 g/mol. The molecular weight excluding hydrogens is 1410 g/mol. The summed E-state index contributed by atoms with van der Waals surface area (Å²) in [5.41, 5.74) is 0.